The fourth-order valence-corrected chi connectivity index (χ4v) is 2.45. The SMILES string of the molecule is CCC(C)N1CC(C(C)C)NCC1(C)C. The summed E-state index contributed by atoms with van der Waals surface area (Å²) in [5.41, 5.74) is 0.306. The maximum atomic E-state index is 3.68. The van der Waals surface area contributed by atoms with Gasteiger partial charge in [0.2, 0.25) is 0 Å². The number of hydrogen-bond donors (Lipinski definition) is 1. The van der Waals surface area contributed by atoms with E-state index < -0.39 is 0 Å². The number of piperazine rings is 1. The molecule has 2 heteroatoms. The molecule has 0 aromatic carbocycles. The Morgan fingerprint density at radius 1 is 1.33 bits per heavy atom. The van der Waals surface area contributed by atoms with Crippen molar-refractivity contribution < 1.29 is 0 Å². The average Bonchev–Trinajstić information content (AvgIpc) is 2.15. The molecule has 2 nitrogen and oxygen atoms in total. The third-order valence-electron chi connectivity index (χ3n) is 3.90. The van der Waals surface area contributed by atoms with Crippen LogP contribution in [-0.4, -0.2) is 35.6 Å². The minimum absolute atomic E-state index is 0.306. The van der Waals surface area contributed by atoms with Gasteiger partial charge < -0.3 is 5.32 Å². The molecule has 1 aliphatic rings. The fourth-order valence-electron chi connectivity index (χ4n) is 2.45. The summed E-state index contributed by atoms with van der Waals surface area (Å²) in [4.78, 5) is 2.67. The van der Waals surface area contributed by atoms with E-state index in [4.69, 9.17) is 0 Å². The molecule has 0 bridgehead atoms. The number of nitrogens with zero attached hydrogens (tertiary/aromatic N) is 1. The highest BCUT2D eigenvalue weighted by Gasteiger charge is 2.36. The van der Waals surface area contributed by atoms with E-state index in [0.717, 1.165) is 12.5 Å². The van der Waals surface area contributed by atoms with Gasteiger partial charge in [0.25, 0.3) is 0 Å². The van der Waals surface area contributed by atoms with Crippen LogP contribution in [-0.2, 0) is 0 Å². The maximum absolute atomic E-state index is 3.68. The summed E-state index contributed by atoms with van der Waals surface area (Å²) in [6, 6.07) is 1.36. The second-order valence-corrected chi connectivity index (χ2v) is 5.95. The molecule has 2 atom stereocenters. The Bertz CT molecular complexity index is 199. The lowest BCUT2D eigenvalue weighted by Gasteiger charge is -2.50. The van der Waals surface area contributed by atoms with Crippen LogP contribution in [0.15, 0.2) is 0 Å². The standard InChI is InChI=1S/C13H28N2/c1-7-11(4)15-8-12(10(2)3)14-9-13(15,5)6/h10-12,14H,7-9H2,1-6H3. The van der Waals surface area contributed by atoms with Gasteiger partial charge >= 0.3 is 0 Å². The van der Waals surface area contributed by atoms with Crippen LogP contribution in [0.4, 0.5) is 0 Å². The molecule has 1 fully saturated rings. The summed E-state index contributed by atoms with van der Waals surface area (Å²) in [6.07, 6.45) is 1.24. The minimum atomic E-state index is 0.306. The molecule has 1 heterocycles. The first kappa shape index (κ1) is 13.0. The van der Waals surface area contributed by atoms with Crippen molar-refractivity contribution in [2.45, 2.75) is 65.6 Å². The summed E-state index contributed by atoms with van der Waals surface area (Å²) >= 11 is 0. The minimum Gasteiger partial charge on any atom is -0.311 e. The Balaban J connectivity index is 2.70. The van der Waals surface area contributed by atoms with Crippen LogP contribution in [0.25, 0.3) is 0 Å². The van der Waals surface area contributed by atoms with Crippen molar-refractivity contribution in [3.05, 3.63) is 0 Å². The Labute approximate surface area is 95.4 Å². The van der Waals surface area contributed by atoms with Crippen molar-refractivity contribution in [3.63, 3.8) is 0 Å². The predicted molar refractivity (Wildman–Crippen MR) is 67.2 cm³/mol. The van der Waals surface area contributed by atoms with Gasteiger partial charge in [-0.25, -0.2) is 0 Å². The molecule has 0 radical (unpaired) electrons. The molecule has 0 saturated carbocycles. The Morgan fingerprint density at radius 3 is 2.40 bits per heavy atom. The van der Waals surface area contributed by atoms with Gasteiger partial charge in [-0.1, -0.05) is 20.8 Å². The van der Waals surface area contributed by atoms with Crippen LogP contribution >= 0.6 is 0 Å². The lowest BCUT2D eigenvalue weighted by atomic mass is 9.91. The molecule has 0 aromatic heterocycles. The highest BCUT2D eigenvalue weighted by molar-refractivity contribution is 4.95. The number of rotatable bonds is 3. The molecular weight excluding hydrogens is 184 g/mol. The van der Waals surface area contributed by atoms with E-state index >= 15 is 0 Å². The van der Waals surface area contributed by atoms with Crippen LogP contribution < -0.4 is 5.32 Å². The summed E-state index contributed by atoms with van der Waals surface area (Å²) in [5, 5.41) is 3.68. The normalized spacial score (nSPS) is 29.4. The first-order valence-corrected chi connectivity index (χ1v) is 6.38. The highest BCUT2D eigenvalue weighted by atomic mass is 15.3. The largest absolute Gasteiger partial charge is 0.311 e. The van der Waals surface area contributed by atoms with E-state index in [1.807, 2.05) is 0 Å². The van der Waals surface area contributed by atoms with Crippen LogP contribution in [0.5, 0.6) is 0 Å². The van der Waals surface area contributed by atoms with Crippen molar-refractivity contribution in [2.75, 3.05) is 13.1 Å². The van der Waals surface area contributed by atoms with Crippen molar-refractivity contribution in [1.82, 2.24) is 10.2 Å². The highest BCUT2D eigenvalue weighted by Crippen LogP contribution is 2.24. The summed E-state index contributed by atoms with van der Waals surface area (Å²) < 4.78 is 0. The second kappa shape index (κ2) is 4.84. The van der Waals surface area contributed by atoms with Crippen LogP contribution in [0.2, 0.25) is 0 Å². The fraction of sp³-hybridized carbons (Fsp3) is 1.00. The second-order valence-electron chi connectivity index (χ2n) is 5.95. The molecule has 1 N–H and O–H groups in total. The van der Waals surface area contributed by atoms with Gasteiger partial charge in [-0.3, -0.25) is 4.90 Å². The van der Waals surface area contributed by atoms with Crippen molar-refractivity contribution >= 4 is 0 Å². The zero-order valence-corrected chi connectivity index (χ0v) is 11.3. The molecule has 90 valence electrons. The Morgan fingerprint density at radius 2 is 1.93 bits per heavy atom. The quantitative estimate of drug-likeness (QED) is 0.773. The molecule has 0 aliphatic carbocycles. The van der Waals surface area contributed by atoms with E-state index in [2.05, 4.69) is 51.8 Å². The lowest BCUT2D eigenvalue weighted by Crippen LogP contribution is -2.65. The predicted octanol–water partition coefficient (Wildman–Crippen LogP) is 2.49. The molecule has 0 amide bonds. The van der Waals surface area contributed by atoms with Gasteiger partial charge in [0.1, 0.15) is 0 Å². The molecule has 0 spiro atoms. The topological polar surface area (TPSA) is 15.3 Å². The monoisotopic (exact) mass is 212 g/mol. The molecule has 1 saturated heterocycles. The Hall–Kier alpha value is -0.0800. The average molecular weight is 212 g/mol. The van der Waals surface area contributed by atoms with Gasteiger partial charge in [-0.2, -0.15) is 0 Å². The van der Waals surface area contributed by atoms with E-state index in [0.29, 0.717) is 17.6 Å². The molecule has 2 unspecified atom stereocenters. The van der Waals surface area contributed by atoms with Crippen molar-refractivity contribution in [1.29, 1.82) is 0 Å². The smallest absolute Gasteiger partial charge is 0.0281 e. The van der Waals surface area contributed by atoms with Crippen LogP contribution in [0.1, 0.15) is 48.0 Å². The van der Waals surface area contributed by atoms with Crippen LogP contribution in [0.3, 0.4) is 0 Å². The third kappa shape index (κ3) is 2.94. The zero-order chi connectivity index (χ0) is 11.6. The zero-order valence-electron chi connectivity index (χ0n) is 11.3. The van der Waals surface area contributed by atoms with E-state index in [9.17, 15) is 0 Å². The van der Waals surface area contributed by atoms with Gasteiger partial charge in [0.05, 0.1) is 0 Å². The van der Waals surface area contributed by atoms with E-state index in [1.54, 1.807) is 0 Å². The third-order valence-corrected chi connectivity index (χ3v) is 3.90. The maximum Gasteiger partial charge on any atom is 0.0281 e. The van der Waals surface area contributed by atoms with Gasteiger partial charge in [-0.15, -0.1) is 0 Å². The molecular formula is C13H28N2. The van der Waals surface area contributed by atoms with Crippen LogP contribution in [0, 0.1) is 5.92 Å². The van der Waals surface area contributed by atoms with E-state index in [1.165, 1.54) is 13.0 Å². The van der Waals surface area contributed by atoms with Gasteiger partial charge in [-0.05, 0) is 33.1 Å². The van der Waals surface area contributed by atoms with E-state index in [-0.39, 0.29) is 0 Å². The first-order chi connectivity index (χ1) is 6.88. The number of nitrogens with one attached hydrogen (secondary N) is 1. The molecule has 1 aliphatic heterocycles. The van der Waals surface area contributed by atoms with Crippen molar-refractivity contribution in [2.24, 2.45) is 5.92 Å². The molecule has 15 heavy (non-hydrogen) atoms. The van der Waals surface area contributed by atoms with Gasteiger partial charge in [0, 0.05) is 30.7 Å². The summed E-state index contributed by atoms with van der Waals surface area (Å²) in [5.74, 6) is 0.729. The molecule has 0 aromatic rings. The van der Waals surface area contributed by atoms with Gasteiger partial charge in [0.15, 0.2) is 0 Å². The molecule has 1 rings (SSSR count). The lowest BCUT2D eigenvalue weighted by molar-refractivity contribution is 0.0208. The number of hydrogen-bond acceptors (Lipinski definition) is 2. The first-order valence-electron chi connectivity index (χ1n) is 6.38. The van der Waals surface area contributed by atoms with Crippen molar-refractivity contribution in [3.8, 4) is 0 Å². The summed E-state index contributed by atoms with van der Waals surface area (Å²) in [6.45, 7) is 16.3. The summed E-state index contributed by atoms with van der Waals surface area (Å²) in [7, 11) is 0. The Kier molecular flexibility index (Phi) is 4.19.